The van der Waals surface area contributed by atoms with Crippen molar-refractivity contribution in [2.24, 2.45) is 7.05 Å². The van der Waals surface area contributed by atoms with Crippen LogP contribution in [0.15, 0.2) is 6.07 Å². The fourth-order valence-electron chi connectivity index (χ4n) is 2.52. The molecular weight excluding hydrogens is 300 g/mol. The Bertz CT molecular complexity index is 769. The Morgan fingerprint density at radius 1 is 1.55 bits per heavy atom. The Hall–Kier alpha value is -2.37. The van der Waals surface area contributed by atoms with Gasteiger partial charge in [0.25, 0.3) is 0 Å². The lowest BCUT2D eigenvalue weighted by atomic mass is 10.1. The maximum absolute atomic E-state index is 12.1. The molecule has 8 heteroatoms. The predicted octanol–water partition coefficient (Wildman–Crippen LogP) is 1.95. The number of rotatable bonds is 2. The number of amides is 2. The molecule has 0 radical (unpaired) electrons. The number of urea groups is 1. The second kappa shape index (κ2) is 5.79. The lowest BCUT2D eigenvalue weighted by Gasteiger charge is -2.11. The van der Waals surface area contributed by atoms with Crippen LogP contribution >= 0.6 is 11.3 Å². The molecule has 1 aliphatic rings. The molecule has 0 aromatic carbocycles. The number of thiophene rings is 1. The van der Waals surface area contributed by atoms with Gasteiger partial charge in [0, 0.05) is 24.5 Å². The van der Waals surface area contributed by atoms with Crippen molar-refractivity contribution in [3.63, 3.8) is 0 Å². The van der Waals surface area contributed by atoms with E-state index in [4.69, 9.17) is 0 Å². The van der Waals surface area contributed by atoms with E-state index in [0.29, 0.717) is 16.4 Å². The van der Waals surface area contributed by atoms with E-state index in [1.807, 2.05) is 6.92 Å². The van der Waals surface area contributed by atoms with Crippen molar-refractivity contribution < 1.29 is 4.79 Å². The van der Waals surface area contributed by atoms with Crippen molar-refractivity contribution in [2.75, 3.05) is 17.2 Å². The molecule has 2 aromatic rings. The van der Waals surface area contributed by atoms with Gasteiger partial charge in [0.1, 0.15) is 16.9 Å². The van der Waals surface area contributed by atoms with Crippen LogP contribution in [0.1, 0.15) is 21.7 Å². The molecule has 0 spiro atoms. The van der Waals surface area contributed by atoms with Gasteiger partial charge in [-0.3, -0.25) is 15.3 Å². The largest absolute Gasteiger partial charge is 0.325 e. The number of nitrogens with zero attached hydrogens (tertiary/aromatic N) is 3. The smallest absolute Gasteiger partial charge is 0.312 e. The third-order valence-corrected chi connectivity index (χ3v) is 4.66. The second-order valence-corrected chi connectivity index (χ2v) is 6.23. The van der Waals surface area contributed by atoms with Gasteiger partial charge >= 0.3 is 6.03 Å². The monoisotopic (exact) mass is 316 g/mol. The average molecular weight is 316 g/mol. The van der Waals surface area contributed by atoms with Gasteiger partial charge in [-0.05, 0) is 25.5 Å². The number of aromatic nitrogens is 2. The molecule has 0 fully saturated rings. The van der Waals surface area contributed by atoms with Crippen LogP contribution in [0.25, 0.3) is 0 Å². The highest BCUT2D eigenvalue weighted by Crippen LogP contribution is 2.34. The van der Waals surface area contributed by atoms with Gasteiger partial charge in [-0.1, -0.05) is 0 Å². The highest BCUT2D eigenvalue weighted by Gasteiger charge is 2.21. The molecule has 3 heterocycles. The number of carbonyl (C=O) groups is 1. The average Bonchev–Trinajstić information content (AvgIpc) is 2.98. The zero-order valence-electron chi connectivity index (χ0n) is 12.4. The number of carbonyl (C=O) groups excluding carboxylic acids is 1. The molecular formula is C14H16N6OS. The molecule has 3 N–H and O–H groups in total. The summed E-state index contributed by atoms with van der Waals surface area (Å²) in [6, 6.07) is 3.63. The van der Waals surface area contributed by atoms with Crippen molar-refractivity contribution in [2.45, 2.75) is 19.9 Å². The first-order chi connectivity index (χ1) is 10.6. The minimum absolute atomic E-state index is 0.369. The number of hydrogen-bond donors (Lipinski definition) is 3. The highest BCUT2D eigenvalue weighted by atomic mass is 32.1. The van der Waals surface area contributed by atoms with E-state index in [9.17, 15) is 10.1 Å². The fraction of sp³-hybridized carbons (Fsp3) is 0.357. The fourth-order valence-corrected chi connectivity index (χ4v) is 3.68. The number of anilines is 2. The first-order valence-electron chi connectivity index (χ1n) is 6.92. The van der Waals surface area contributed by atoms with Crippen molar-refractivity contribution in [1.29, 1.82) is 5.26 Å². The summed E-state index contributed by atoms with van der Waals surface area (Å²) in [5, 5.41) is 22.9. The number of hydrogen-bond acceptors (Lipinski definition) is 5. The maximum atomic E-state index is 12.1. The number of nitriles is 1. The molecule has 0 aliphatic carbocycles. The van der Waals surface area contributed by atoms with E-state index in [2.05, 4.69) is 27.1 Å². The number of fused-ring (bicyclic) bond motifs is 1. The molecule has 7 nitrogen and oxygen atoms in total. The summed E-state index contributed by atoms with van der Waals surface area (Å²) in [7, 11) is 1.76. The van der Waals surface area contributed by atoms with Crippen LogP contribution in [0.5, 0.6) is 0 Å². The standard InChI is InChI=1S/C14H16N6OS/c1-8-5-12(20(2)19-8)17-14(21)18-13-10(6-15)9-3-4-16-7-11(9)22-13/h5,16H,3-4,7H2,1-2H3,(H2,17,18,21). The summed E-state index contributed by atoms with van der Waals surface area (Å²) in [4.78, 5) is 13.3. The molecule has 114 valence electrons. The molecule has 2 amide bonds. The molecule has 1 aliphatic heterocycles. The van der Waals surface area contributed by atoms with Crippen LogP contribution in [0.3, 0.4) is 0 Å². The van der Waals surface area contributed by atoms with Crippen LogP contribution in [0, 0.1) is 18.3 Å². The topological polar surface area (TPSA) is 94.8 Å². The van der Waals surface area contributed by atoms with Gasteiger partial charge in [-0.2, -0.15) is 10.4 Å². The Morgan fingerprint density at radius 2 is 2.36 bits per heavy atom. The molecule has 2 aromatic heterocycles. The van der Waals surface area contributed by atoms with Crippen molar-refractivity contribution >= 4 is 28.2 Å². The maximum Gasteiger partial charge on any atom is 0.325 e. The molecule has 0 bridgehead atoms. The van der Waals surface area contributed by atoms with Gasteiger partial charge in [0.2, 0.25) is 0 Å². The predicted molar refractivity (Wildman–Crippen MR) is 85.0 cm³/mol. The molecule has 0 saturated carbocycles. The van der Waals surface area contributed by atoms with E-state index in [0.717, 1.165) is 35.6 Å². The Morgan fingerprint density at radius 3 is 3.05 bits per heavy atom. The molecule has 3 rings (SSSR count). The summed E-state index contributed by atoms with van der Waals surface area (Å²) in [5.41, 5.74) is 2.46. The molecule has 22 heavy (non-hydrogen) atoms. The third-order valence-electron chi connectivity index (χ3n) is 3.51. The Kier molecular flexibility index (Phi) is 3.83. The van der Waals surface area contributed by atoms with E-state index >= 15 is 0 Å². The normalized spacial score (nSPS) is 13.3. The zero-order chi connectivity index (χ0) is 15.7. The van der Waals surface area contributed by atoms with E-state index in [-0.39, 0.29) is 6.03 Å². The second-order valence-electron chi connectivity index (χ2n) is 5.12. The van der Waals surface area contributed by atoms with Gasteiger partial charge in [-0.15, -0.1) is 11.3 Å². The molecule has 0 unspecified atom stereocenters. The van der Waals surface area contributed by atoms with E-state index in [1.54, 1.807) is 17.8 Å². The van der Waals surface area contributed by atoms with Gasteiger partial charge in [0.05, 0.1) is 11.3 Å². The van der Waals surface area contributed by atoms with Crippen LogP contribution in [-0.4, -0.2) is 22.4 Å². The van der Waals surface area contributed by atoms with E-state index in [1.165, 1.54) is 11.3 Å². The zero-order valence-corrected chi connectivity index (χ0v) is 13.2. The Labute approximate surface area is 131 Å². The van der Waals surface area contributed by atoms with Gasteiger partial charge < -0.3 is 5.32 Å². The number of nitrogens with one attached hydrogen (secondary N) is 3. The first kappa shape index (κ1) is 14.6. The summed E-state index contributed by atoms with van der Waals surface area (Å²) in [6.07, 6.45) is 0.818. The summed E-state index contributed by atoms with van der Waals surface area (Å²) >= 11 is 1.46. The summed E-state index contributed by atoms with van der Waals surface area (Å²) in [6.45, 7) is 3.47. The van der Waals surface area contributed by atoms with Gasteiger partial charge in [0.15, 0.2) is 0 Å². The Balaban J connectivity index is 1.78. The van der Waals surface area contributed by atoms with Crippen LogP contribution < -0.4 is 16.0 Å². The molecule has 0 atom stereocenters. The number of aryl methyl sites for hydroxylation is 2. The van der Waals surface area contributed by atoms with Gasteiger partial charge in [-0.25, -0.2) is 4.79 Å². The van der Waals surface area contributed by atoms with Crippen LogP contribution in [0.4, 0.5) is 15.6 Å². The lowest BCUT2D eigenvalue weighted by molar-refractivity contribution is 0.262. The van der Waals surface area contributed by atoms with Crippen molar-refractivity contribution in [3.8, 4) is 6.07 Å². The minimum Gasteiger partial charge on any atom is -0.312 e. The highest BCUT2D eigenvalue weighted by molar-refractivity contribution is 7.16. The summed E-state index contributed by atoms with van der Waals surface area (Å²) in [5.74, 6) is 0.608. The van der Waals surface area contributed by atoms with Crippen LogP contribution in [-0.2, 0) is 20.0 Å². The van der Waals surface area contributed by atoms with Crippen LogP contribution in [0.2, 0.25) is 0 Å². The van der Waals surface area contributed by atoms with E-state index < -0.39 is 0 Å². The summed E-state index contributed by atoms with van der Waals surface area (Å²) < 4.78 is 1.60. The minimum atomic E-state index is -0.369. The third kappa shape index (κ3) is 2.68. The van der Waals surface area contributed by atoms with Crippen molar-refractivity contribution in [1.82, 2.24) is 15.1 Å². The molecule has 0 saturated heterocycles. The quantitative estimate of drug-likeness (QED) is 0.789. The van der Waals surface area contributed by atoms with Crippen molar-refractivity contribution in [3.05, 3.63) is 27.8 Å². The first-order valence-corrected chi connectivity index (χ1v) is 7.74. The SMILES string of the molecule is Cc1cc(NC(=O)Nc2sc3c(c2C#N)CCNC3)n(C)n1. The lowest BCUT2D eigenvalue weighted by Crippen LogP contribution is -2.22.